The van der Waals surface area contributed by atoms with Crippen molar-refractivity contribution in [3.63, 3.8) is 0 Å². The van der Waals surface area contributed by atoms with Gasteiger partial charge >= 0.3 is 0 Å². The molecule has 158 valence electrons. The Morgan fingerprint density at radius 2 is 1.00 bits per heavy atom. The standard InChI is InChI=1S/C16H34O8S2/c1-5-7-9-11-13(23-25(3,19)20)15(17)16(18)14(12-10-8-6-2)24-26(4,21)22/h13-18H,5-12H2,1-4H3/t13-,14-,15-,16-/m1/s1. The maximum atomic E-state index is 11.5. The van der Waals surface area contributed by atoms with E-state index in [-0.39, 0.29) is 12.8 Å². The van der Waals surface area contributed by atoms with Crippen LogP contribution in [0.2, 0.25) is 0 Å². The molecule has 0 rings (SSSR count). The lowest BCUT2D eigenvalue weighted by Gasteiger charge is -2.30. The molecule has 0 aromatic rings. The maximum Gasteiger partial charge on any atom is 0.264 e. The van der Waals surface area contributed by atoms with Gasteiger partial charge in [-0.25, -0.2) is 0 Å². The summed E-state index contributed by atoms with van der Waals surface area (Å²) in [5, 5.41) is 20.9. The van der Waals surface area contributed by atoms with Gasteiger partial charge in [-0.1, -0.05) is 52.4 Å². The lowest BCUT2D eigenvalue weighted by atomic mass is 9.96. The Hall–Kier alpha value is -0.260. The first-order valence-electron chi connectivity index (χ1n) is 9.04. The fourth-order valence-corrected chi connectivity index (χ4v) is 3.95. The normalized spacial score (nSPS) is 17.6. The molecule has 0 spiro atoms. The summed E-state index contributed by atoms with van der Waals surface area (Å²) in [5.74, 6) is 0. The molecule has 0 amide bonds. The molecule has 0 aliphatic carbocycles. The van der Waals surface area contributed by atoms with Crippen molar-refractivity contribution in [1.29, 1.82) is 0 Å². The number of rotatable bonds is 15. The first-order chi connectivity index (χ1) is 11.9. The van der Waals surface area contributed by atoms with Crippen LogP contribution < -0.4 is 0 Å². The van der Waals surface area contributed by atoms with Gasteiger partial charge in [0.05, 0.1) is 12.5 Å². The highest BCUT2D eigenvalue weighted by molar-refractivity contribution is 7.86. The second kappa shape index (κ2) is 12.2. The zero-order valence-electron chi connectivity index (χ0n) is 16.1. The molecule has 0 heterocycles. The van der Waals surface area contributed by atoms with E-state index in [1.165, 1.54) is 0 Å². The number of unbranched alkanes of at least 4 members (excludes halogenated alkanes) is 4. The van der Waals surface area contributed by atoms with Crippen molar-refractivity contribution in [3.05, 3.63) is 0 Å². The van der Waals surface area contributed by atoms with Crippen molar-refractivity contribution >= 4 is 20.2 Å². The van der Waals surface area contributed by atoms with Crippen molar-refractivity contribution in [2.75, 3.05) is 12.5 Å². The second-order valence-electron chi connectivity index (χ2n) is 6.65. The average Bonchev–Trinajstić information content (AvgIpc) is 2.49. The minimum Gasteiger partial charge on any atom is -0.388 e. The summed E-state index contributed by atoms with van der Waals surface area (Å²) in [4.78, 5) is 0. The van der Waals surface area contributed by atoms with Gasteiger partial charge in [-0.3, -0.25) is 8.37 Å². The lowest BCUT2D eigenvalue weighted by Crippen LogP contribution is -2.47. The van der Waals surface area contributed by atoms with E-state index in [2.05, 4.69) is 0 Å². The molecule has 0 fully saturated rings. The van der Waals surface area contributed by atoms with Gasteiger partial charge in [0.15, 0.2) is 0 Å². The highest BCUT2D eigenvalue weighted by Gasteiger charge is 2.36. The Labute approximate surface area is 158 Å². The molecular weight excluding hydrogens is 384 g/mol. The third-order valence-corrected chi connectivity index (χ3v) is 5.09. The fraction of sp³-hybridized carbons (Fsp3) is 1.00. The number of hydrogen-bond donors (Lipinski definition) is 2. The molecule has 4 atom stereocenters. The lowest BCUT2D eigenvalue weighted by molar-refractivity contribution is -0.0921. The molecule has 0 aromatic heterocycles. The molecular formula is C16H34O8S2. The summed E-state index contributed by atoms with van der Waals surface area (Å²) in [6.07, 6.45) is 1.29. The molecule has 26 heavy (non-hydrogen) atoms. The van der Waals surface area contributed by atoms with Crippen LogP contribution in [0.5, 0.6) is 0 Å². The predicted octanol–water partition coefficient (Wildman–Crippen LogP) is 1.56. The number of aliphatic hydroxyl groups excluding tert-OH is 2. The summed E-state index contributed by atoms with van der Waals surface area (Å²) >= 11 is 0. The maximum absolute atomic E-state index is 11.5. The topological polar surface area (TPSA) is 127 Å². The minimum atomic E-state index is -3.85. The van der Waals surface area contributed by atoms with Gasteiger partial charge in [-0.05, 0) is 12.8 Å². The van der Waals surface area contributed by atoms with Gasteiger partial charge in [-0.15, -0.1) is 0 Å². The van der Waals surface area contributed by atoms with Crippen LogP contribution in [0.4, 0.5) is 0 Å². The van der Waals surface area contributed by atoms with Crippen LogP contribution in [-0.4, -0.2) is 64.0 Å². The predicted molar refractivity (Wildman–Crippen MR) is 99.7 cm³/mol. The highest BCUT2D eigenvalue weighted by atomic mass is 32.2. The van der Waals surface area contributed by atoms with E-state index >= 15 is 0 Å². The van der Waals surface area contributed by atoms with Gasteiger partial charge < -0.3 is 10.2 Å². The van der Waals surface area contributed by atoms with Gasteiger partial charge in [0.25, 0.3) is 20.2 Å². The zero-order chi connectivity index (χ0) is 20.4. The second-order valence-corrected chi connectivity index (χ2v) is 9.85. The first kappa shape index (κ1) is 25.7. The van der Waals surface area contributed by atoms with E-state index in [1.807, 2.05) is 13.8 Å². The first-order valence-corrected chi connectivity index (χ1v) is 12.7. The smallest absolute Gasteiger partial charge is 0.264 e. The molecule has 0 radical (unpaired) electrons. The van der Waals surface area contributed by atoms with E-state index in [0.717, 1.165) is 38.2 Å². The number of aliphatic hydroxyl groups is 2. The molecule has 0 bridgehead atoms. The van der Waals surface area contributed by atoms with Crippen molar-refractivity contribution in [2.45, 2.75) is 89.6 Å². The fourth-order valence-electron chi connectivity index (χ4n) is 2.63. The quantitative estimate of drug-likeness (QED) is 0.303. The van der Waals surface area contributed by atoms with Crippen LogP contribution in [0.3, 0.4) is 0 Å². The average molecular weight is 419 g/mol. The molecule has 0 aliphatic rings. The summed E-state index contributed by atoms with van der Waals surface area (Å²) in [6, 6.07) is 0. The Bertz CT molecular complexity index is 521. The van der Waals surface area contributed by atoms with Crippen LogP contribution in [0.25, 0.3) is 0 Å². The summed E-state index contributed by atoms with van der Waals surface area (Å²) in [5.41, 5.74) is 0. The molecule has 10 heteroatoms. The van der Waals surface area contributed by atoms with Gasteiger partial charge in [0.1, 0.15) is 24.4 Å². The van der Waals surface area contributed by atoms with Gasteiger partial charge in [0.2, 0.25) is 0 Å². The van der Waals surface area contributed by atoms with E-state index in [1.54, 1.807) is 0 Å². The van der Waals surface area contributed by atoms with Crippen molar-refractivity contribution in [1.82, 2.24) is 0 Å². The highest BCUT2D eigenvalue weighted by Crippen LogP contribution is 2.21. The van der Waals surface area contributed by atoms with E-state index in [9.17, 15) is 27.0 Å². The largest absolute Gasteiger partial charge is 0.388 e. The van der Waals surface area contributed by atoms with E-state index < -0.39 is 44.7 Å². The molecule has 0 unspecified atom stereocenters. The summed E-state index contributed by atoms with van der Waals surface area (Å²) < 4.78 is 55.7. The third-order valence-electron chi connectivity index (χ3n) is 3.89. The Balaban J connectivity index is 5.25. The summed E-state index contributed by atoms with van der Waals surface area (Å²) in [6.45, 7) is 3.95. The minimum absolute atomic E-state index is 0.222. The van der Waals surface area contributed by atoms with Crippen LogP contribution in [-0.2, 0) is 28.6 Å². The Morgan fingerprint density at radius 3 is 1.23 bits per heavy atom. The molecule has 0 saturated carbocycles. The third kappa shape index (κ3) is 12.2. The van der Waals surface area contributed by atoms with Crippen molar-refractivity contribution < 1.29 is 35.4 Å². The summed E-state index contributed by atoms with van der Waals surface area (Å²) in [7, 11) is -7.70. The van der Waals surface area contributed by atoms with Crippen LogP contribution in [0, 0.1) is 0 Å². The van der Waals surface area contributed by atoms with E-state index in [0.29, 0.717) is 12.8 Å². The van der Waals surface area contributed by atoms with Crippen LogP contribution in [0.15, 0.2) is 0 Å². The van der Waals surface area contributed by atoms with Crippen LogP contribution in [0.1, 0.15) is 65.2 Å². The molecule has 0 aromatic carbocycles. The van der Waals surface area contributed by atoms with Crippen molar-refractivity contribution in [2.24, 2.45) is 0 Å². The van der Waals surface area contributed by atoms with Gasteiger partial charge in [-0.2, -0.15) is 16.8 Å². The van der Waals surface area contributed by atoms with E-state index in [4.69, 9.17) is 8.37 Å². The zero-order valence-corrected chi connectivity index (χ0v) is 17.8. The van der Waals surface area contributed by atoms with Gasteiger partial charge in [0, 0.05) is 0 Å². The molecule has 8 nitrogen and oxygen atoms in total. The van der Waals surface area contributed by atoms with Crippen LogP contribution >= 0.6 is 0 Å². The Kier molecular flexibility index (Phi) is 12.1. The molecule has 2 N–H and O–H groups in total. The number of hydrogen-bond acceptors (Lipinski definition) is 8. The van der Waals surface area contributed by atoms with Crippen molar-refractivity contribution in [3.8, 4) is 0 Å². The Morgan fingerprint density at radius 1 is 0.692 bits per heavy atom. The monoisotopic (exact) mass is 418 g/mol. The molecule has 0 aliphatic heterocycles. The SMILES string of the molecule is CCCCC[C@@H](OS(C)(=O)=O)[C@@H](O)[C@H](O)[C@@H](CCCCC)OS(C)(=O)=O. The molecule has 0 saturated heterocycles.